The molecule has 0 radical (unpaired) electrons. The van der Waals surface area contributed by atoms with E-state index in [0.717, 1.165) is 22.2 Å². The molecular formula is C15H14ClN5O. The van der Waals surface area contributed by atoms with Gasteiger partial charge in [0.25, 0.3) is 5.56 Å². The van der Waals surface area contributed by atoms with E-state index in [0.29, 0.717) is 5.69 Å². The van der Waals surface area contributed by atoms with Crippen molar-refractivity contribution < 1.29 is 0 Å². The molecule has 1 aromatic carbocycles. The van der Waals surface area contributed by atoms with E-state index in [1.165, 1.54) is 17.9 Å². The van der Waals surface area contributed by atoms with Crippen molar-refractivity contribution in [3.05, 3.63) is 57.1 Å². The summed E-state index contributed by atoms with van der Waals surface area (Å²) in [5.74, 6) is 0. The van der Waals surface area contributed by atoms with Crippen molar-refractivity contribution in [3.63, 3.8) is 0 Å². The second kappa shape index (κ2) is 5.65. The van der Waals surface area contributed by atoms with Crippen LogP contribution in [0.25, 0.3) is 10.9 Å². The lowest BCUT2D eigenvalue weighted by Gasteiger charge is -2.03. The van der Waals surface area contributed by atoms with Crippen molar-refractivity contribution in [2.45, 2.75) is 6.92 Å². The number of nitrogens with one attached hydrogen (secondary N) is 2. The first-order valence-corrected chi connectivity index (χ1v) is 7.04. The summed E-state index contributed by atoms with van der Waals surface area (Å²) in [7, 11) is 1.54. The molecule has 112 valence electrons. The zero-order valence-electron chi connectivity index (χ0n) is 12.1. The first-order chi connectivity index (χ1) is 10.6. The van der Waals surface area contributed by atoms with Crippen LogP contribution in [0.5, 0.6) is 0 Å². The molecule has 2 N–H and O–H groups in total. The summed E-state index contributed by atoms with van der Waals surface area (Å²) in [6.07, 6.45) is 3.16. The van der Waals surface area contributed by atoms with Crippen LogP contribution in [0.15, 0.2) is 40.4 Å². The second-order valence-corrected chi connectivity index (χ2v) is 5.26. The van der Waals surface area contributed by atoms with Crippen LogP contribution in [0.2, 0.25) is 5.02 Å². The third kappa shape index (κ3) is 2.48. The fourth-order valence-corrected chi connectivity index (χ4v) is 2.43. The minimum atomic E-state index is -0.370. The Morgan fingerprint density at radius 2 is 2.18 bits per heavy atom. The van der Waals surface area contributed by atoms with Gasteiger partial charge < -0.3 is 4.98 Å². The molecule has 6 nitrogen and oxygen atoms in total. The highest BCUT2D eigenvalue weighted by molar-refractivity contribution is 6.32. The number of halogens is 1. The summed E-state index contributed by atoms with van der Waals surface area (Å²) >= 11 is 5.97. The van der Waals surface area contributed by atoms with E-state index in [1.54, 1.807) is 6.21 Å². The number of rotatable bonds is 3. The number of aromatic nitrogens is 3. The molecule has 22 heavy (non-hydrogen) atoms. The van der Waals surface area contributed by atoms with Crippen LogP contribution >= 0.6 is 11.6 Å². The number of anilines is 1. The number of para-hydroxylation sites is 1. The lowest BCUT2D eigenvalue weighted by Crippen LogP contribution is -2.20. The Bertz CT molecular complexity index is 925. The normalized spacial score (nSPS) is 11.4. The number of aryl methyl sites for hydroxylation is 2. The van der Waals surface area contributed by atoms with Crippen LogP contribution in [0, 0.1) is 6.92 Å². The van der Waals surface area contributed by atoms with Gasteiger partial charge in [0.1, 0.15) is 10.7 Å². The smallest absolute Gasteiger partial charge is 0.287 e. The van der Waals surface area contributed by atoms with Crippen molar-refractivity contribution >= 4 is 34.4 Å². The van der Waals surface area contributed by atoms with Gasteiger partial charge in [0, 0.05) is 29.2 Å². The van der Waals surface area contributed by atoms with Crippen molar-refractivity contribution in [3.8, 4) is 0 Å². The number of hydrazone groups is 1. The SMILES string of the molecule is Cc1[nH]c2ccccc2c1/C=N\Nc1cnn(C)c(=O)c1Cl. The maximum atomic E-state index is 11.7. The molecule has 0 saturated heterocycles. The minimum absolute atomic E-state index is 0.0605. The molecule has 0 saturated carbocycles. The van der Waals surface area contributed by atoms with Crippen molar-refractivity contribution in [2.75, 3.05) is 5.43 Å². The van der Waals surface area contributed by atoms with E-state index >= 15 is 0 Å². The number of nitrogens with zero attached hydrogens (tertiary/aromatic N) is 3. The summed E-state index contributed by atoms with van der Waals surface area (Å²) in [5.41, 5.74) is 5.81. The Labute approximate surface area is 131 Å². The van der Waals surface area contributed by atoms with Crippen LogP contribution in [0.4, 0.5) is 5.69 Å². The number of benzene rings is 1. The Hall–Kier alpha value is -2.60. The monoisotopic (exact) mass is 315 g/mol. The summed E-state index contributed by atoms with van der Waals surface area (Å²) < 4.78 is 1.17. The lowest BCUT2D eigenvalue weighted by atomic mass is 10.1. The summed E-state index contributed by atoms with van der Waals surface area (Å²) in [6.45, 7) is 1.98. The van der Waals surface area contributed by atoms with E-state index < -0.39 is 0 Å². The maximum absolute atomic E-state index is 11.7. The molecule has 0 aliphatic heterocycles. The van der Waals surface area contributed by atoms with Gasteiger partial charge in [0.15, 0.2) is 0 Å². The predicted octanol–water partition coefficient (Wildman–Crippen LogP) is 2.67. The Morgan fingerprint density at radius 3 is 3.00 bits per heavy atom. The van der Waals surface area contributed by atoms with Gasteiger partial charge in [-0.25, -0.2) is 4.68 Å². The second-order valence-electron chi connectivity index (χ2n) is 4.88. The Kier molecular flexibility index (Phi) is 3.68. The molecule has 0 amide bonds. The van der Waals surface area contributed by atoms with Gasteiger partial charge in [-0.2, -0.15) is 10.2 Å². The van der Waals surface area contributed by atoms with Gasteiger partial charge in [-0.15, -0.1) is 0 Å². The molecular weight excluding hydrogens is 302 g/mol. The summed E-state index contributed by atoms with van der Waals surface area (Å²) in [4.78, 5) is 15.0. The van der Waals surface area contributed by atoms with Crippen LogP contribution in [0.1, 0.15) is 11.3 Å². The molecule has 0 bridgehead atoms. The molecule has 0 spiro atoms. The highest BCUT2D eigenvalue weighted by Crippen LogP contribution is 2.20. The van der Waals surface area contributed by atoms with Gasteiger partial charge in [0.05, 0.1) is 12.4 Å². The van der Waals surface area contributed by atoms with Crippen LogP contribution in [0.3, 0.4) is 0 Å². The molecule has 2 heterocycles. The van der Waals surface area contributed by atoms with Gasteiger partial charge in [-0.3, -0.25) is 10.2 Å². The quantitative estimate of drug-likeness (QED) is 0.576. The Morgan fingerprint density at radius 1 is 1.41 bits per heavy atom. The zero-order valence-corrected chi connectivity index (χ0v) is 12.8. The third-order valence-electron chi connectivity index (χ3n) is 3.40. The lowest BCUT2D eigenvalue weighted by molar-refractivity contribution is 0.708. The molecule has 3 aromatic rings. The Balaban J connectivity index is 1.90. The minimum Gasteiger partial charge on any atom is -0.358 e. The first-order valence-electron chi connectivity index (χ1n) is 6.66. The predicted molar refractivity (Wildman–Crippen MR) is 88.7 cm³/mol. The first kappa shape index (κ1) is 14.3. The highest BCUT2D eigenvalue weighted by Gasteiger charge is 2.07. The maximum Gasteiger partial charge on any atom is 0.287 e. The molecule has 3 rings (SSSR count). The standard InChI is InChI=1S/C15H14ClN5O/c1-9-11(10-5-3-4-6-12(10)19-9)7-17-20-13-8-18-21(2)15(22)14(13)16/h3-8,19-20H,1-2H3/b17-7-. The van der Waals surface area contributed by atoms with Gasteiger partial charge in [0.2, 0.25) is 0 Å². The van der Waals surface area contributed by atoms with Crippen molar-refractivity contribution in [1.82, 2.24) is 14.8 Å². The van der Waals surface area contributed by atoms with Crippen LogP contribution in [-0.4, -0.2) is 21.0 Å². The number of aromatic amines is 1. The van der Waals surface area contributed by atoms with Crippen molar-refractivity contribution in [1.29, 1.82) is 0 Å². The fourth-order valence-electron chi connectivity index (χ4n) is 2.22. The highest BCUT2D eigenvalue weighted by atomic mass is 35.5. The molecule has 0 atom stereocenters. The average molecular weight is 316 g/mol. The largest absolute Gasteiger partial charge is 0.358 e. The molecule has 0 fully saturated rings. The van der Waals surface area contributed by atoms with Gasteiger partial charge in [-0.1, -0.05) is 29.8 Å². The zero-order chi connectivity index (χ0) is 15.7. The number of H-pyrrole nitrogens is 1. The molecule has 0 aliphatic carbocycles. The van der Waals surface area contributed by atoms with E-state index in [2.05, 4.69) is 20.6 Å². The van der Waals surface area contributed by atoms with Gasteiger partial charge >= 0.3 is 0 Å². The van der Waals surface area contributed by atoms with Crippen LogP contribution < -0.4 is 11.0 Å². The van der Waals surface area contributed by atoms with E-state index in [4.69, 9.17) is 11.6 Å². The van der Waals surface area contributed by atoms with E-state index in [1.807, 2.05) is 31.2 Å². The topological polar surface area (TPSA) is 75.1 Å². The van der Waals surface area contributed by atoms with Crippen molar-refractivity contribution in [2.24, 2.45) is 12.1 Å². The molecule has 0 unspecified atom stereocenters. The van der Waals surface area contributed by atoms with E-state index in [-0.39, 0.29) is 10.6 Å². The number of fused-ring (bicyclic) bond motifs is 1. The molecule has 7 heteroatoms. The van der Waals surface area contributed by atoms with Crippen LogP contribution in [-0.2, 0) is 7.05 Å². The number of hydrogen-bond donors (Lipinski definition) is 2. The summed E-state index contributed by atoms with van der Waals surface area (Å²) in [6, 6.07) is 7.98. The third-order valence-corrected chi connectivity index (χ3v) is 3.77. The van der Waals surface area contributed by atoms with Gasteiger partial charge in [-0.05, 0) is 13.0 Å². The molecule has 2 aromatic heterocycles. The summed E-state index contributed by atoms with van der Waals surface area (Å²) in [5, 5.41) is 9.20. The average Bonchev–Trinajstić information content (AvgIpc) is 2.83. The molecule has 0 aliphatic rings. The fraction of sp³-hybridized carbons (Fsp3) is 0.133. The number of hydrogen-bond acceptors (Lipinski definition) is 4. The van der Waals surface area contributed by atoms with E-state index in [9.17, 15) is 4.79 Å².